The average molecular weight is 785 g/mol. The van der Waals surface area contributed by atoms with Crippen molar-refractivity contribution >= 4 is 39.8 Å². The van der Waals surface area contributed by atoms with Gasteiger partial charge in [0.15, 0.2) is 6.23 Å². The molecule has 3 aliphatic rings. The van der Waals surface area contributed by atoms with Crippen molar-refractivity contribution in [1.29, 1.82) is 0 Å². The molecule has 2 unspecified atom stereocenters. The predicted octanol–water partition coefficient (Wildman–Crippen LogP) is 8.20. The number of hydrogen-bond donors (Lipinski definition) is 3. The van der Waals surface area contributed by atoms with Crippen molar-refractivity contribution in [2.75, 3.05) is 30.8 Å². The number of piperazine rings is 1. The Morgan fingerprint density at radius 1 is 0.929 bits per heavy atom. The molecule has 1 aromatic heterocycles. The normalized spacial score (nSPS) is 18.3. The van der Waals surface area contributed by atoms with Crippen LogP contribution in [0, 0.1) is 11.6 Å². The lowest BCUT2D eigenvalue weighted by molar-refractivity contribution is -0.137. The van der Waals surface area contributed by atoms with Crippen LogP contribution in [0.3, 0.4) is 0 Å². The summed E-state index contributed by atoms with van der Waals surface area (Å²) in [5.41, 5.74) is 4.22. The zero-order valence-corrected chi connectivity index (χ0v) is 32.9. The highest BCUT2D eigenvalue weighted by Crippen LogP contribution is 2.42. The summed E-state index contributed by atoms with van der Waals surface area (Å²) in [7, 11) is 1.30. The van der Waals surface area contributed by atoms with Crippen molar-refractivity contribution in [3.05, 3.63) is 116 Å². The first-order chi connectivity index (χ1) is 27.1. The molecule has 2 fully saturated rings. The molecule has 0 saturated carbocycles. The van der Waals surface area contributed by atoms with Crippen LogP contribution >= 0.6 is 11.3 Å². The third kappa shape index (κ3) is 8.82. The molecule has 2 bridgehead atoms. The molecular weight excluding hydrogens is 735 g/mol. The number of thiophene rings is 1. The van der Waals surface area contributed by atoms with Crippen LogP contribution in [0.25, 0.3) is 0 Å². The number of hydrogen-bond acceptors (Lipinski definition) is 8. The van der Waals surface area contributed by atoms with E-state index in [1.165, 1.54) is 30.6 Å². The predicted molar refractivity (Wildman–Crippen MR) is 214 cm³/mol. The lowest BCUT2D eigenvalue weighted by atomic mass is 9.94. The van der Waals surface area contributed by atoms with E-state index in [2.05, 4.69) is 27.4 Å². The minimum absolute atomic E-state index is 0.0719. The number of nitrogens with one attached hydrogen (secondary N) is 2. The fourth-order valence-electron chi connectivity index (χ4n) is 8.55. The van der Waals surface area contributed by atoms with E-state index < -0.39 is 23.8 Å². The maximum atomic E-state index is 15.4. The summed E-state index contributed by atoms with van der Waals surface area (Å²) in [4.78, 5) is 44.0. The van der Waals surface area contributed by atoms with Gasteiger partial charge in [-0.15, -0.1) is 11.3 Å². The van der Waals surface area contributed by atoms with Gasteiger partial charge in [-0.1, -0.05) is 37.6 Å². The minimum atomic E-state index is -1.32. The topological polar surface area (TPSA) is 111 Å². The Kier molecular flexibility index (Phi) is 12.5. The number of aliphatic hydroxyl groups excluding tert-OH is 1. The number of ether oxygens (including phenoxy) is 1. The number of aliphatic hydroxyl groups is 1. The summed E-state index contributed by atoms with van der Waals surface area (Å²) in [5.74, 6) is -1.95. The lowest BCUT2D eigenvalue weighted by Crippen LogP contribution is -2.55. The summed E-state index contributed by atoms with van der Waals surface area (Å²) in [6, 6.07) is 17.1. The molecule has 3 N–H and O–H groups in total. The van der Waals surface area contributed by atoms with E-state index in [4.69, 9.17) is 4.74 Å². The van der Waals surface area contributed by atoms with E-state index in [9.17, 15) is 19.5 Å². The van der Waals surface area contributed by atoms with Crippen molar-refractivity contribution < 1.29 is 33.0 Å². The number of fused-ring (bicyclic) bond motifs is 3. The van der Waals surface area contributed by atoms with Crippen LogP contribution in [0.4, 0.5) is 19.5 Å². The summed E-state index contributed by atoms with van der Waals surface area (Å²) < 4.78 is 35.4. The molecule has 3 heterocycles. The third-order valence-corrected chi connectivity index (χ3v) is 12.6. The van der Waals surface area contributed by atoms with Crippen molar-refractivity contribution in [1.82, 2.24) is 9.80 Å². The molecule has 2 amide bonds. The van der Waals surface area contributed by atoms with Crippen LogP contribution in [-0.2, 0) is 41.8 Å². The zero-order chi connectivity index (χ0) is 39.3. The first-order valence-corrected chi connectivity index (χ1v) is 20.6. The number of nitrogens with zero attached hydrogens (tertiary/aromatic N) is 2. The molecule has 0 spiro atoms. The van der Waals surface area contributed by atoms with E-state index in [0.717, 1.165) is 86.0 Å². The maximum absolute atomic E-state index is 15.4. The van der Waals surface area contributed by atoms with E-state index in [-0.39, 0.29) is 41.6 Å². The molecule has 56 heavy (non-hydrogen) atoms. The number of aryl methyl sites for hydroxylation is 2. The Morgan fingerprint density at radius 2 is 1.64 bits per heavy atom. The number of unbranched alkanes of at least 4 members (excludes halogenated alkanes) is 1. The largest absolute Gasteiger partial charge is 0.465 e. The van der Waals surface area contributed by atoms with Gasteiger partial charge in [0.2, 0.25) is 5.91 Å². The molecule has 4 aromatic rings. The minimum Gasteiger partial charge on any atom is -0.465 e. The monoisotopic (exact) mass is 784 g/mol. The highest BCUT2D eigenvalue weighted by Gasteiger charge is 2.42. The number of rotatable bonds is 14. The number of carbonyl (C=O) groups is 3. The Balaban J connectivity index is 1.01. The van der Waals surface area contributed by atoms with E-state index >= 15 is 8.78 Å². The van der Waals surface area contributed by atoms with Crippen LogP contribution in [0.1, 0.15) is 112 Å². The molecule has 2 saturated heterocycles. The molecule has 0 radical (unpaired) electrons. The summed E-state index contributed by atoms with van der Waals surface area (Å²) in [5, 5.41) is 18.1. The van der Waals surface area contributed by atoms with Gasteiger partial charge in [0.1, 0.15) is 16.6 Å². The van der Waals surface area contributed by atoms with Crippen molar-refractivity contribution in [2.24, 2.45) is 0 Å². The van der Waals surface area contributed by atoms with Gasteiger partial charge in [-0.2, -0.15) is 0 Å². The smallest absolute Gasteiger partial charge is 0.337 e. The quantitative estimate of drug-likeness (QED) is 0.0874. The number of carbonyl (C=O) groups excluding carboxylic acids is 3. The second-order valence-electron chi connectivity index (χ2n) is 15.2. The number of methoxy groups -OCH3 is 1. The molecule has 7 rings (SSSR count). The van der Waals surface area contributed by atoms with Gasteiger partial charge in [0, 0.05) is 65.4 Å². The maximum Gasteiger partial charge on any atom is 0.337 e. The first kappa shape index (κ1) is 39.6. The van der Waals surface area contributed by atoms with Gasteiger partial charge < -0.3 is 25.4 Å². The van der Waals surface area contributed by atoms with Gasteiger partial charge in [0.05, 0.1) is 12.7 Å². The van der Waals surface area contributed by atoms with E-state index in [0.29, 0.717) is 41.1 Å². The van der Waals surface area contributed by atoms with Crippen LogP contribution in [0.15, 0.2) is 60.7 Å². The van der Waals surface area contributed by atoms with Gasteiger partial charge in [-0.25, -0.2) is 13.6 Å². The summed E-state index contributed by atoms with van der Waals surface area (Å²) in [6.45, 7) is 4.44. The SMILES string of the molecule is CCCCC(=O)N1C2CCC1CN(Cc1cccc(C(=O)Nc3sc4c(c3[C@@H](O)Nc3cc(F)c(CCc5ccc(C(=O)OC)cc5)c(F)c3)CCCC4)c1)C2. The number of halogens is 2. The third-order valence-electron chi connectivity index (χ3n) is 11.4. The lowest BCUT2D eigenvalue weighted by Gasteiger charge is -2.41. The van der Waals surface area contributed by atoms with Crippen molar-refractivity contribution in [2.45, 2.75) is 102 Å². The Bertz CT molecular complexity index is 2030. The molecule has 2 aliphatic heterocycles. The van der Waals surface area contributed by atoms with Gasteiger partial charge in [0.25, 0.3) is 5.91 Å². The molecule has 3 atom stereocenters. The number of esters is 1. The average Bonchev–Trinajstić information content (AvgIpc) is 3.69. The molecule has 3 aromatic carbocycles. The number of anilines is 2. The second-order valence-corrected chi connectivity index (χ2v) is 16.4. The van der Waals surface area contributed by atoms with Crippen LogP contribution in [-0.4, -0.2) is 65.0 Å². The van der Waals surface area contributed by atoms with Crippen molar-refractivity contribution in [3.8, 4) is 0 Å². The Labute approximate surface area is 331 Å². The summed E-state index contributed by atoms with van der Waals surface area (Å²) >= 11 is 1.44. The van der Waals surface area contributed by atoms with Crippen LogP contribution in [0.2, 0.25) is 0 Å². The fraction of sp³-hybridized carbons (Fsp3) is 0.432. The molecular formula is C44H50F2N4O5S. The summed E-state index contributed by atoms with van der Waals surface area (Å²) in [6.07, 6.45) is 7.24. The zero-order valence-electron chi connectivity index (χ0n) is 32.0. The highest BCUT2D eigenvalue weighted by atomic mass is 32.1. The standard InChI is InChI=1S/C44H50F2N4O5S/c1-3-4-12-39(51)50-32-18-19-33(50)26-49(25-32)24-28-8-7-9-30(21-28)41(52)48-43-40(35-10-5-6-11-38(35)56-43)42(53)47-31-22-36(45)34(37(46)23-31)20-15-27-13-16-29(17-14-27)44(54)55-2/h7-9,13-14,16-17,21-23,32-33,42,47,53H,3-6,10-12,15,18-20,24-26H2,1-2H3,(H,48,52)/t32?,33?,42-/m1/s1. The van der Waals surface area contributed by atoms with Gasteiger partial charge in [-0.3, -0.25) is 14.5 Å². The first-order valence-electron chi connectivity index (χ1n) is 19.8. The number of likely N-dealkylation sites (tertiary alicyclic amines) is 1. The van der Waals surface area contributed by atoms with E-state index in [1.807, 2.05) is 18.2 Å². The highest BCUT2D eigenvalue weighted by molar-refractivity contribution is 7.16. The van der Waals surface area contributed by atoms with Gasteiger partial charge in [-0.05, 0) is 111 Å². The molecule has 9 nitrogen and oxygen atoms in total. The van der Waals surface area contributed by atoms with Gasteiger partial charge >= 0.3 is 5.97 Å². The fourth-order valence-corrected chi connectivity index (χ4v) is 9.87. The van der Waals surface area contributed by atoms with Crippen LogP contribution in [0.5, 0.6) is 0 Å². The number of benzene rings is 3. The Hall–Kier alpha value is -4.65. The second kappa shape index (κ2) is 17.7. The van der Waals surface area contributed by atoms with E-state index in [1.54, 1.807) is 30.3 Å². The molecule has 1 aliphatic carbocycles. The molecule has 296 valence electrons. The Morgan fingerprint density at radius 3 is 2.34 bits per heavy atom. The van der Waals surface area contributed by atoms with Crippen LogP contribution < -0.4 is 10.6 Å². The molecule has 12 heteroatoms. The van der Waals surface area contributed by atoms with Crippen molar-refractivity contribution in [3.63, 3.8) is 0 Å². The number of amides is 2.